The average molecular weight is 285 g/mol. The Labute approximate surface area is 121 Å². The molecule has 1 aromatic carbocycles. The van der Waals surface area contributed by atoms with Gasteiger partial charge in [0, 0.05) is 12.2 Å². The minimum atomic E-state index is 0.0532. The Balaban J connectivity index is 1.77. The molecule has 108 valence electrons. The van der Waals surface area contributed by atoms with Crippen molar-refractivity contribution in [3.63, 3.8) is 0 Å². The second-order valence-corrected chi connectivity index (χ2v) is 4.50. The first-order valence-electron chi connectivity index (χ1n) is 6.63. The molecule has 1 N–H and O–H groups in total. The van der Waals surface area contributed by atoms with Gasteiger partial charge in [0.2, 0.25) is 11.7 Å². The molecule has 0 aliphatic carbocycles. The minimum Gasteiger partial charge on any atom is -0.472 e. The molecule has 0 bridgehead atoms. The van der Waals surface area contributed by atoms with Crippen LogP contribution in [0.25, 0.3) is 11.4 Å². The van der Waals surface area contributed by atoms with Crippen LogP contribution in [0, 0.1) is 0 Å². The Bertz CT molecular complexity index is 665. The lowest BCUT2D eigenvalue weighted by Gasteiger charge is -2.21. The molecule has 2 heterocycles. The summed E-state index contributed by atoms with van der Waals surface area (Å²) in [6.07, 6.45) is 3.13. The fourth-order valence-electron chi connectivity index (χ4n) is 2.05. The lowest BCUT2D eigenvalue weighted by molar-refractivity contribution is 0.298. The van der Waals surface area contributed by atoms with E-state index in [0.717, 1.165) is 11.3 Å². The van der Waals surface area contributed by atoms with Gasteiger partial charge in [0.05, 0.1) is 25.0 Å². The number of rotatable bonds is 6. The van der Waals surface area contributed by atoms with E-state index in [1.54, 1.807) is 18.6 Å². The normalized spacial score (nSPS) is 10.7. The summed E-state index contributed by atoms with van der Waals surface area (Å²) in [7, 11) is 0. The molecule has 0 aliphatic rings. The maximum atomic E-state index is 9.21. The molecular weight excluding hydrogens is 270 g/mol. The number of anilines is 1. The van der Waals surface area contributed by atoms with Crippen LogP contribution in [0.15, 0.2) is 57.9 Å². The van der Waals surface area contributed by atoms with Crippen molar-refractivity contribution in [1.29, 1.82) is 0 Å². The van der Waals surface area contributed by atoms with E-state index in [0.29, 0.717) is 24.8 Å². The van der Waals surface area contributed by atoms with E-state index in [9.17, 15) is 5.11 Å². The van der Waals surface area contributed by atoms with Gasteiger partial charge in [0.25, 0.3) is 0 Å². The lowest BCUT2D eigenvalue weighted by Crippen LogP contribution is -2.26. The summed E-state index contributed by atoms with van der Waals surface area (Å²) in [5.41, 5.74) is 1.77. The number of aliphatic hydroxyl groups is 1. The molecule has 0 amide bonds. The molecule has 0 spiro atoms. The highest BCUT2D eigenvalue weighted by molar-refractivity contribution is 5.51. The Morgan fingerprint density at radius 3 is 2.71 bits per heavy atom. The Kier molecular flexibility index (Phi) is 3.97. The molecule has 2 aromatic heterocycles. The van der Waals surface area contributed by atoms with Crippen molar-refractivity contribution in [2.75, 3.05) is 18.1 Å². The summed E-state index contributed by atoms with van der Waals surface area (Å²) in [6.45, 7) is 0.987. The molecule has 0 saturated heterocycles. The van der Waals surface area contributed by atoms with Crippen molar-refractivity contribution in [2.24, 2.45) is 0 Å². The molecule has 0 unspecified atom stereocenters. The summed E-state index contributed by atoms with van der Waals surface area (Å²) in [5.74, 6) is 0.985. The first-order chi connectivity index (χ1) is 10.4. The molecule has 21 heavy (non-hydrogen) atoms. The van der Waals surface area contributed by atoms with Gasteiger partial charge >= 0.3 is 0 Å². The Morgan fingerprint density at radius 1 is 1.14 bits per heavy atom. The molecule has 3 rings (SSSR count). The van der Waals surface area contributed by atoms with Crippen molar-refractivity contribution in [1.82, 2.24) is 10.1 Å². The van der Waals surface area contributed by atoms with Gasteiger partial charge in [0.1, 0.15) is 6.26 Å². The number of aliphatic hydroxyl groups excluding tert-OH is 1. The second-order valence-electron chi connectivity index (χ2n) is 4.50. The van der Waals surface area contributed by atoms with Gasteiger partial charge in [-0.15, -0.1) is 0 Å². The third-order valence-electron chi connectivity index (χ3n) is 3.06. The first kappa shape index (κ1) is 13.4. The third kappa shape index (κ3) is 3.11. The molecular formula is C15H15N3O3. The van der Waals surface area contributed by atoms with Gasteiger partial charge in [0.15, 0.2) is 0 Å². The molecule has 6 heteroatoms. The number of hydrogen-bond acceptors (Lipinski definition) is 6. The van der Waals surface area contributed by atoms with Crippen molar-refractivity contribution in [3.05, 3.63) is 54.8 Å². The van der Waals surface area contributed by atoms with Crippen LogP contribution in [-0.2, 0) is 6.54 Å². The minimum absolute atomic E-state index is 0.0532. The van der Waals surface area contributed by atoms with E-state index in [1.807, 2.05) is 35.2 Å². The van der Waals surface area contributed by atoms with Crippen LogP contribution in [0.2, 0.25) is 0 Å². The smallest absolute Gasteiger partial charge is 0.246 e. The summed E-state index contributed by atoms with van der Waals surface area (Å²) in [6, 6.07) is 11.6. The fourth-order valence-corrected chi connectivity index (χ4v) is 2.05. The quantitative estimate of drug-likeness (QED) is 0.749. The fraction of sp³-hybridized carbons (Fsp3) is 0.200. The number of para-hydroxylation sites is 1. The molecule has 3 aromatic rings. The van der Waals surface area contributed by atoms with Gasteiger partial charge in [-0.25, -0.2) is 0 Å². The maximum absolute atomic E-state index is 9.21. The van der Waals surface area contributed by atoms with Gasteiger partial charge in [-0.1, -0.05) is 23.4 Å². The standard InChI is InChI=1S/C15H15N3O3/c19-8-7-18(13-4-2-1-3-5-13)10-14-16-15(17-21-14)12-6-9-20-11-12/h1-6,9,11,19H,7-8,10H2. The topological polar surface area (TPSA) is 75.5 Å². The van der Waals surface area contributed by atoms with Crippen LogP contribution in [0.1, 0.15) is 5.89 Å². The van der Waals surface area contributed by atoms with Crippen molar-refractivity contribution >= 4 is 5.69 Å². The highest BCUT2D eigenvalue weighted by Crippen LogP contribution is 2.19. The summed E-state index contributed by atoms with van der Waals surface area (Å²) >= 11 is 0. The van der Waals surface area contributed by atoms with E-state index < -0.39 is 0 Å². The van der Waals surface area contributed by atoms with Crippen molar-refractivity contribution in [2.45, 2.75) is 6.54 Å². The number of aromatic nitrogens is 2. The monoisotopic (exact) mass is 285 g/mol. The highest BCUT2D eigenvalue weighted by atomic mass is 16.5. The maximum Gasteiger partial charge on any atom is 0.246 e. The molecule has 6 nitrogen and oxygen atoms in total. The molecule has 0 aliphatic heterocycles. The van der Waals surface area contributed by atoms with E-state index in [1.165, 1.54) is 0 Å². The Morgan fingerprint density at radius 2 is 2.00 bits per heavy atom. The van der Waals surface area contributed by atoms with E-state index >= 15 is 0 Å². The van der Waals surface area contributed by atoms with Crippen LogP contribution in [0.3, 0.4) is 0 Å². The van der Waals surface area contributed by atoms with Crippen LogP contribution < -0.4 is 4.90 Å². The Hall–Kier alpha value is -2.60. The molecule has 0 saturated carbocycles. The zero-order valence-corrected chi connectivity index (χ0v) is 11.3. The van der Waals surface area contributed by atoms with Crippen molar-refractivity contribution < 1.29 is 14.0 Å². The van der Waals surface area contributed by atoms with Crippen molar-refractivity contribution in [3.8, 4) is 11.4 Å². The SMILES string of the molecule is OCCN(Cc1nc(-c2ccoc2)no1)c1ccccc1. The molecule has 0 radical (unpaired) electrons. The lowest BCUT2D eigenvalue weighted by atomic mass is 10.3. The number of nitrogens with zero attached hydrogens (tertiary/aromatic N) is 3. The average Bonchev–Trinajstić information content (AvgIpc) is 3.19. The van der Waals surface area contributed by atoms with Crippen LogP contribution in [-0.4, -0.2) is 28.4 Å². The zero-order valence-electron chi connectivity index (χ0n) is 11.3. The second kappa shape index (κ2) is 6.23. The largest absolute Gasteiger partial charge is 0.472 e. The predicted octanol–water partition coefficient (Wildman–Crippen LogP) is 2.33. The first-order valence-corrected chi connectivity index (χ1v) is 6.63. The summed E-state index contributed by atoms with van der Waals surface area (Å²) in [5, 5.41) is 13.1. The zero-order chi connectivity index (χ0) is 14.5. The highest BCUT2D eigenvalue weighted by Gasteiger charge is 2.13. The van der Waals surface area contributed by atoms with E-state index in [4.69, 9.17) is 8.94 Å². The number of hydrogen-bond donors (Lipinski definition) is 1. The predicted molar refractivity (Wildman–Crippen MR) is 76.6 cm³/mol. The van der Waals surface area contributed by atoms with E-state index in [-0.39, 0.29) is 6.61 Å². The van der Waals surface area contributed by atoms with Gasteiger partial charge < -0.3 is 18.9 Å². The summed E-state index contributed by atoms with van der Waals surface area (Å²) in [4.78, 5) is 6.32. The summed E-state index contributed by atoms with van der Waals surface area (Å²) < 4.78 is 10.3. The van der Waals surface area contributed by atoms with Crippen LogP contribution in [0.5, 0.6) is 0 Å². The third-order valence-corrected chi connectivity index (χ3v) is 3.06. The van der Waals surface area contributed by atoms with Crippen LogP contribution in [0.4, 0.5) is 5.69 Å². The van der Waals surface area contributed by atoms with Gasteiger partial charge in [-0.3, -0.25) is 0 Å². The number of furan rings is 1. The molecule has 0 atom stereocenters. The van der Waals surface area contributed by atoms with Gasteiger partial charge in [-0.2, -0.15) is 4.98 Å². The van der Waals surface area contributed by atoms with E-state index in [2.05, 4.69) is 10.1 Å². The molecule has 0 fully saturated rings. The number of benzene rings is 1. The van der Waals surface area contributed by atoms with Crippen LogP contribution >= 0.6 is 0 Å². The van der Waals surface area contributed by atoms with Gasteiger partial charge in [-0.05, 0) is 18.2 Å².